The normalized spacial score (nSPS) is 20.4. The maximum Gasteiger partial charge on any atom is 0.306 e. The van der Waals surface area contributed by atoms with Crippen LogP contribution in [0.4, 0.5) is 14.5 Å². The zero-order valence-electron chi connectivity index (χ0n) is 10.7. The number of aliphatic hydroxyl groups excluding tert-OH is 1. The number of rotatable bonds is 3. The summed E-state index contributed by atoms with van der Waals surface area (Å²) in [6.07, 6.45) is -0.0874. The predicted molar refractivity (Wildman–Crippen MR) is 67.0 cm³/mol. The number of β-amino-alcohol motifs (C(OH)–C–C–N with tert-alkyl or cyclic N) is 1. The number of nitro groups is 1. The van der Waals surface area contributed by atoms with Gasteiger partial charge in [-0.2, -0.15) is 8.70 Å². The molecular weight excluding hydrogens is 310 g/mol. The van der Waals surface area contributed by atoms with Crippen LogP contribution in [0.3, 0.4) is 0 Å². The molecule has 2 rings (SSSR count). The van der Waals surface area contributed by atoms with Crippen LogP contribution in [0, 0.1) is 21.7 Å². The Hall–Kier alpha value is -1.65. The Morgan fingerprint density at radius 3 is 2.57 bits per heavy atom. The summed E-state index contributed by atoms with van der Waals surface area (Å²) in [5.74, 6) is -2.85. The molecule has 21 heavy (non-hydrogen) atoms. The van der Waals surface area contributed by atoms with E-state index in [2.05, 4.69) is 0 Å². The number of sulfonamides is 1. The molecular formula is C11H12F2N2O5S. The molecule has 1 aliphatic heterocycles. The molecule has 0 aliphatic carbocycles. The molecule has 0 spiro atoms. The van der Waals surface area contributed by atoms with E-state index in [9.17, 15) is 32.4 Å². The predicted octanol–water partition coefficient (Wildman–Crippen LogP) is 1.02. The van der Waals surface area contributed by atoms with Gasteiger partial charge in [-0.05, 0) is 12.8 Å². The van der Waals surface area contributed by atoms with Crippen molar-refractivity contribution in [1.82, 2.24) is 4.31 Å². The lowest BCUT2D eigenvalue weighted by molar-refractivity contribution is -0.387. The zero-order valence-corrected chi connectivity index (χ0v) is 11.5. The molecule has 1 saturated heterocycles. The fourth-order valence-electron chi connectivity index (χ4n) is 2.13. The summed E-state index contributed by atoms with van der Waals surface area (Å²) in [5.41, 5.74) is -1.12. The number of nitrogens with zero attached hydrogens (tertiary/aromatic N) is 2. The minimum absolute atomic E-state index is 0.0595. The minimum Gasteiger partial charge on any atom is -0.392 e. The molecule has 1 fully saturated rings. The molecule has 0 aromatic heterocycles. The van der Waals surface area contributed by atoms with Gasteiger partial charge in [0.15, 0.2) is 0 Å². The van der Waals surface area contributed by atoms with E-state index >= 15 is 0 Å². The molecule has 1 aromatic carbocycles. The van der Waals surface area contributed by atoms with Crippen molar-refractivity contribution in [2.24, 2.45) is 0 Å². The van der Waals surface area contributed by atoms with E-state index in [0.717, 1.165) is 4.31 Å². The molecule has 1 unspecified atom stereocenters. The van der Waals surface area contributed by atoms with Crippen molar-refractivity contribution in [3.63, 3.8) is 0 Å². The number of hydrogen-bond donors (Lipinski definition) is 1. The first-order valence-electron chi connectivity index (χ1n) is 6.05. The van der Waals surface area contributed by atoms with E-state index in [-0.39, 0.29) is 19.2 Å². The molecule has 7 nitrogen and oxygen atoms in total. The van der Waals surface area contributed by atoms with Crippen molar-refractivity contribution >= 4 is 15.7 Å². The van der Waals surface area contributed by atoms with E-state index in [4.69, 9.17) is 0 Å². The Morgan fingerprint density at radius 2 is 2.00 bits per heavy atom. The third-order valence-electron chi connectivity index (χ3n) is 3.18. The molecule has 1 atom stereocenters. The van der Waals surface area contributed by atoms with Gasteiger partial charge in [0, 0.05) is 25.2 Å². The molecule has 0 saturated carbocycles. The number of halogens is 2. The first-order chi connectivity index (χ1) is 9.73. The molecule has 10 heteroatoms. The van der Waals surface area contributed by atoms with Crippen molar-refractivity contribution in [3.8, 4) is 0 Å². The first-order valence-corrected chi connectivity index (χ1v) is 7.49. The Kier molecular flexibility index (Phi) is 4.21. The fraction of sp³-hybridized carbons (Fsp3) is 0.455. The molecule has 0 amide bonds. The number of benzene rings is 1. The van der Waals surface area contributed by atoms with Gasteiger partial charge in [-0.15, -0.1) is 0 Å². The Bertz CT molecular complexity index is 679. The standard InChI is InChI=1S/C11H12F2N2O5S/c12-8-4-9(13)11(5-10(8)15(17)18)21(19,20)14-3-1-2-7(16)6-14/h4-5,7,16H,1-3,6H2. The lowest BCUT2D eigenvalue weighted by Crippen LogP contribution is -2.42. The summed E-state index contributed by atoms with van der Waals surface area (Å²) >= 11 is 0. The summed E-state index contributed by atoms with van der Waals surface area (Å²) in [6, 6.07) is 0.534. The lowest BCUT2D eigenvalue weighted by atomic mass is 10.1. The van der Waals surface area contributed by atoms with Crippen LogP contribution >= 0.6 is 0 Å². The van der Waals surface area contributed by atoms with Crippen LogP contribution in [0.25, 0.3) is 0 Å². The highest BCUT2D eigenvalue weighted by Gasteiger charge is 2.34. The molecule has 0 bridgehead atoms. The monoisotopic (exact) mass is 322 g/mol. The molecule has 116 valence electrons. The van der Waals surface area contributed by atoms with Crippen LogP contribution < -0.4 is 0 Å². The third-order valence-corrected chi connectivity index (χ3v) is 5.06. The fourth-order valence-corrected chi connectivity index (χ4v) is 3.72. The van der Waals surface area contributed by atoms with Crippen LogP contribution in [0.2, 0.25) is 0 Å². The van der Waals surface area contributed by atoms with Gasteiger partial charge >= 0.3 is 5.69 Å². The largest absolute Gasteiger partial charge is 0.392 e. The zero-order chi connectivity index (χ0) is 15.8. The van der Waals surface area contributed by atoms with Crippen molar-refractivity contribution in [2.75, 3.05) is 13.1 Å². The van der Waals surface area contributed by atoms with Crippen LogP contribution in [0.15, 0.2) is 17.0 Å². The maximum atomic E-state index is 13.7. The second kappa shape index (κ2) is 5.62. The van der Waals surface area contributed by atoms with Gasteiger partial charge in [0.2, 0.25) is 15.8 Å². The van der Waals surface area contributed by atoms with Gasteiger partial charge in [0.1, 0.15) is 10.7 Å². The van der Waals surface area contributed by atoms with E-state index in [1.54, 1.807) is 0 Å². The summed E-state index contributed by atoms with van der Waals surface area (Å²) in [4.78, 5) is 8.54. The first kappa shape index (κ1) is 15.7. The minimum atomic E-state index is -4.37. The summed E-state index contributed by atoms with van der Waals surface area (Å²) in [7, 11) is -4.37. The summed E-state index contributed by atoms with van der Waals surface area (Å²) in [6.45, 7) is -0.170. The van der Waals surface area contributed by atoms with Gasteiger partial charge in [0.25, 0.3) is 0 Å². The molecule has 1 aromatic rings. The van der Waals surface area contributed by atoms with Crippen molar-refractivity contribution in [3.05, 3.63) is 33.9 Å². The van der Waals surface area contributed by atoms with E-state index in [1.165, 1.54) is 0 Å². The van der Waals surface area contributed by atoms with Crippen LogP contribution in [0.5, 0.6) is 0 Å². The SMILES string of the molecule is O=[N+]([O-])c1cc(S(=O)(=O)N2CCCC(O)C2)c(F)cc1F. The van der Waals surface area contributed by atoms with Crippen LogP contribution in [0.1, 0.15) is 12.8 Å². The molecule has 0 radical (unpaired) electrons. The number of nitro benzene ring substituents is 1. The van der Waals surface area contributed by atoms with E-state index < -0.39 is 43.3 Å². The van der Waals surface area contributed by atoms with Gasteiger partial charge < -0.3 is 5.11 Å². The number of hydrogen-bond acceptors (Lipinski definition) is 5. The maximum absolute atomic E-state index is 13.7. The molecule has 1 aliphatic rings. The second-order valence-corrected chi connectivity index (χ2v) is 6.56. The summed E-state index contributed by atoms with van der Waals surface area (Å²) < 4.78 is 52.3. The Labute approximate surface area is 119 Å². The average molecular weight is 322 g/mol. The molecule has 1 N–H and O–H groups in total. The van der Waals surface area contributed by atoms with Gasteiger partial charge in [-0.3, -0.25) is 10.1 Å². The number of aliphatic hydroxyl groups is 1. The van der Waals surface area contributed by atoms with Crippen molar-refractivity contribution in [2.45, 2.75) is 23.8 Å². The quantitative estimate of drug-likeness (QED) is 0.661. The highest BCUT2D eigenvalue weighted by molar-refractivity contribution is 7.89. The smallest absolute Gasteiger partial charge is 0.306 e. The van der Waals surface area contributed by atoms with Crippen molar-refractivity contribution < 1.29 is 27.2 Å². The van der Waals surface area contributed by atoms with Gasteiger partial charge in [-0.25, -0.2) is 12.8 Å². The molecule has 1 heterocycles. The topological polar surface area (TPSA) is 101 Å². The Balaban J connectivity index is 2.49. The Morgan fingerprint density at radius 1 is 1.33 bits per heavy atom. The van der Waals surface area contributed by atoms with Crippen molar-refractivity contribution in [1.29, 1.82) is 0 Å². The van der Waals surface area contributed by atoms with E-state index in [1.807, 2.05) is 0 Å². The lowest BCUT2D eigenvalue weighted by Gasteiger charge is -2.29. The van der Waals surface area contributed by atoms with Crippen LogP contribution in [-0.2, 0) is 10.0 Å². The van der Waals surface area contributed by atoms with Crippen LogP contribution in [-0.4, -0.2) is 41.9 Å². The van der Waals surface area contributed by atoms with E-state index in [0.29, 0.717) is 18.9 Å². The van der Waals surface area contributed by atoms with Gasteiger partial charge in [0.05, 0.1) is 11.0 Å². The second-order valence-electron chi connectivity index (χ2n) is 4.65. The highest BCUT2D eigenvalue weighted by Crippen LogP contribution is 2.28. The highest BCUT2D eigenvalue weighted by atomic mass is 32.2. The van der Waals surface area contributed by atoms with Gasteiger partial charge in [-0.1, -0.05) is 0 Å². The number of piperidine rings is 1. The average Bonchev–Trinajstić information content (AvgIpc) is 2.37. The third kappa shape index (κ3) is 3.01. The summed E-state index contributed by atoms with van der Waals surface area (Å²) in [5, 5.41) is 20.1.